The molecule has 1 atom stereocenters. The minimum Gasteiger partial charge on any atom is -0.439 e. The third-order valence-electron chi connectivity index (χ3n) is 2.76. The van der Waals surface area contributed by atoms with E-state index in [9.17, 15) is 8.76 Å². The molecule has 1 unspecified atom stereocenters. The Morgan fingerprint density at radius 2 is 1.82 bits per heavy atom. The first-order valence-corrected chi connectivity index (χ1v) is 8.44. The van der Waals surface area contributed by atoms with Gasteiger partial charge in [0.05, 0.1) is 5.69 Å². The molecule has 2 rings (SSSR count). The molecule has 1 aromatic carbocycles. The molecule has 0 aliphatic heterocycles. The van der Waals surface area contributed by atoms with E-state index in [1.165, 1.54) is 4.31 Å². The average molecular weight is 385 g/mol. The fourth-order valence-corrected chi connectivity index (χ4v) is 2.91. The van der Waals surface area contributed by atoms with Gasteiger partial charge < -0.3 is 4.74 Å². The van der Waals surface area contributed by atoms with Crippen LogP contribution in [0, 0.1) is 0 Å². The summed E-state index contributed by atoms with van der Waals surface area (Å²) in [5, 5.41) is 0. The molecule has 22 heavy (non-hydrogen) atoms. The molecule has 5 nitrogen and oxygen atoms in total. The van der Waals surface area contributed by atoms with Crippen LogP contribution in [0.2, 0.25) is 0 Å². The predicted octanol–water partition coefficient (Wildman–Crippen LogP) is 4.38. The fraction of sp³-hybridized carbons (Fsp3) is 0.267. The molecule has 0 amide bonds. The third kappa shape index (κ3) is 4.28. The summed E-state index contributed by atoms with van der Waals surface area (Å²) in [4.78, 5) is 4.13. The molecule has 2 aromatic rings. The molecule has 0 fully saturated rings. The van der Waals surface area contributed by atoms with Gasteiger partial charge in [0.15, 0.2) is 0 Å². The van der Waals surface area contributed by atoms with Gasteiger partial charge >= 0.3 is 0 Å². The van der Waals surface area contributed by atoms with Crippen molar-refractivity contribution >= 4 is 32.9 Å². The molecule has 7 heteroatoms. The minimum atomic E-state index is -2.10. The topological polar surface area (TPSA) is 62.7 Å². The van der Waals surface area contributed by atoms with E-state index < -0.39 is 16.8 Å². The molecule has 0 spiro atoms. The van der Waals surface area contributed by atoms with Crippen LogP contribution in [0.3, 0.4) is 0 Å². The molecule has 0 saturated heterocycles. The maximum atomic E-state index is 11.5. The van der Waals surface area contributed by atoms with Gasteiger partial charge in [-0.1, -0.05) is 0 Å². The summed E-state index contributed by atoms with van der Waals surface area (Å²) < 4.78 is 29.0. The highest BCUT2D eigenvalue weighted by Gasteiger charge is 2.26. The lowest BCUT2D eigenvalue weighted by Crippen LogP contribution is -2.42. The van der Waals surface area contributed by atoms with E-state index in [2.05, 4.69) is 20.9 Å². The normalized spacial score (nSPS) is 12.8. The van der Waals surface area contributed by atoms with E-state index in [0.717, 1.165) is 4.47 Å². The highest BCUT2D eigenvalue weighted by Crippen LogP contribution is 2.28. The van der Waals surface area contributed by atoms with E-state index in [1.807, 2.05) is 26.8 Å². The van der Waals surface area contributed by atoms with Gasteiger partial charge in [0.25, 0.3) is 11.3 Å². The van der Waals surface area contributed by atoms with Crippen LogP contribution in [-0.4, -0.2) is 19.3 Å². The van der Waals surface area contributed by atoms with Crippen LogP contribution in [0.1, 0.15) is 20.8 Å². The molecule has 0 radical (unpaired) electrons. The molecular weight excluding hydrogens is 368 g/mol. The Balaban J connectivity index is 2.19. The Labute approximate surface area is 140 Å². The first-order valence-electron chi connectivity index (χ1n) is 6.58. The van der Waals surface area contributed by atoms with Crippen LogP contribution in [0.5, 0.6) is 11.6 Å². The number of hydrogen-bond donors (Lipinski definition) is 1. The van der Waals surface area contributed by atoms with Gasteiger partial charge in [0.1, 0.15) is 5.75 Å². The first kappa shape index (κ1) is 16.9. The number of nitrogens with zero attached hydrogens (tertiary/aromatic N) is 2. The predicted molar refractivity (Wildman–Crippen MR) is 91.5 cm³/mol. The highest BCUT2D eigenvalue weighted by molar-refractivity contribution is 9.10. The summed E-state index contributed by atoms with van der Waals surface area (Å²) in [5.74, 6) is 1.09. The van der Waals surface area contributed by atoms with Crippen molar-refractivity contribution in [1.29, 1.82) is 0 Å². The lowest BCUT2D eigenvalue weighted by atomic mass is 10.1. The van der Waals surface area contributed by atoms with Crippen molar-refractivity contribution < 1.29 is 13.5 Å². The monoisotopic (exact) mass is 384 g/mol. The molecule has 0 aliphatic rings. The molecule has 118 valence electrons. The van der Waals surface area contributed by atoms with Gasteiger partial charge in [-0.2, -0.15) is 0 Å². The Hall–Kier alpha value is -1.44. The van der Waals surface area contributed by atoms with E-state index >= 15 is 0 Å². The minimum absolute atomic E-state index is 0.477. The lowest BCUT2D eigenvalue weighted by molar-refractivity contribution is 0.462. The maximum absolute atomic E-state index is 11.5. The van der Waals surface area contributed by atoms with Crippen LogP contribution >= 0.6 is 15.9 Å². The van der Waals surface area contributed by atoms with Gasteiger partial charge in [-0.15, -0.1) is 0 Å². The van der Waals surface area contributed by atoms with Crippen molar-refractivity contribution in [1.82, 2.24) is 4.98 Å². The number of pyridine rings is 1. The van der Waals surface area contributed by atoms with E-state index in [4.69, 9.17) is 4.74 Å². The largest absolute Gasteiger partial charge is 0.439 e. The standard InChI is InChI=1S/C15H17BrN2O3S/c1-15(2,3)18(22(19)20)12-5-7-13(8-6-12)21-14-9-4-11(16)10-17-14/h4-10H,1-3H3,(H,19,20). The summed E-state index contributed by atoms with van der Waals surface area (Å²) in [7, 11) is 0. The van der Waals surface area contributed by atoms with Gasteiger partial charge in [-0.05, 0) is 67.0 Å². The zero-order valence-electron chi connectivity index (χ0n) is 12.5. The smallest absolute Gasteiger partial charge is 0.262 e. The Morgan fingerprint density at radius 3 is 2.27 bits per heavy atom. The maximum Gasteiger partial charge on any atom is 0.262 e. The number of aromatic nitrogens is 1. The van der Waals surface area contributed by atoms with Gasteiger partial charge in [-0.3, -0.25) is 8.86 Å². The SMILES string of the molecule is CC(C)(C)N(c1ccc(Oc2ccc(Br)cn2)cc1)S(=O)O. The number of benzene rings is 1. The Kier molecular flexibility index (Phi) is 5.20. The van der Waals surface area contributed by atoms with E-state index in [1.54, 1.807) is 36.5 Å². The number of hydrogen-bond acceptors (Lipinski definition) is 3. The number of halogens is 1. The quantitative estimate of drug-likeness (QED) is 0.794. The Bertz CT molecular complexity index is 654. The molecule has 1 N–H and O–H groups in total. The molecular formula is C15H17BrN2O3S. The molecule has 0 saturated carbocycles. The van der Waals surface area contributed by atoms with Gasteiger partial charge in [-0.25, -0.2) is 9.19 Å². The van der Waals surface area contributed by atoms with Crippen molar-refractivity contribution in [2.24, 2.45) is 0 Å². The van der Waals surface area contributed by atoms with E-state index in [0.29, 0.717) is 17.3 Å². The number of rotatable bonds is 4. The summed E-state index contributed by atoms with van der Waals surface area (Å²) in [6.07, 6.45) is 1.65. The van der Waals surface area contributed by atoms with Gasteiger partial charge in [0, 0.05) is 22.3 Å². The van der Waals surface area contributed by atoms with Crippen molar-refractivity contribution in [2.75, 3.05) is 4.31 Å². The second kappa shape index (κ2) is 6.76. The van der Waals surface area contributed by atoms with Crippen molar-refractivity contribution in [2.45, 2.75) is 26.3 Å². The molecule has 1 aromatic heterocycles. The number of anilines is 1. The van der Waals surface area contributed by atoms with E-state index in [-0.39, 0.29) is 0 Å². The summed E-state index contributed by atoms with van der Waals surface area (Å²) in [6.45, 7) is 5.62. The van der Waals surface area contributed by atoms with Gasteiger partial charge in [0.2, 0.25) is 5.88 Å². The Morgan fingerprint density at radius 1 is 1.18 bits per heavy atom. The first-order chi connectivity index (χ1) is 10.3. The van der Waals surface area contributed by atoms with Crippen molar-refractivity contribution in [3.63, 3.8) is 0 Å². The fourth-order valence-electron chi connectivity index (χ4n) is 1.90. The second-order valence-corrected chi connectivity index (χ2v) is 7.35. The lowest BCUT2D eigenvalue weighted by Gasteiger charge is -2.33. The highest BCUT2D eigenvalue weighted by atomic mass is 79.9. The second-order valence-electron chi connectivity index (χ2n) is 5.61. The van der Waals surface area contributed by atoms with Crippen LogP contribution in [0.4, 0.5) is 5.69 Å². The average Bonchev–Trinajstić information content (AvgIpc) is 2.41. The summed E-state index contributed by atoms with van der Waals surface area (Å²) >= 11 is 1.22. The van der Waals surface area contributed by atoms with Crippen LogP contribution in [0.25, 0.3) is 0 Å². The number of ether oxygens (including phenoxy) is 1. The van der Waals surface area contributed by atoms with Crippen LogP contribution in [-0.2, 0) is 11.3 Å². The van der Waals surface area contributed by atoms with Crippen LogP contribution in [0.15, 0.2) is 47.1 Å². The van der Waals surface area contributed by atoms with Crippen molar-refractivity contribution in [3.8, 4) is 11.6 Å². The van der Waals surface area contributed by atoms with Crippen LogP contribution < -0.4 is 9.04 Å². The molecule has 0 aliphatic carbocycles. The molecule has 0 bridgehead atoms. The zero-order chi connectivity index (χ0) is 16.3. The third-order valence-corrected chi connectivity index (χ3v) is 4.30. The molecule has 1 heterocycles. The summed E-state index contributed by atoms with van der Waals surface area (Å²) in [6, 6.07) is 10.6. The summed E-state index contributed by atoms with van der Waals surface area (Å²) in [5.41, 5.74) is 0.166. The zero-order valence-corrected chi connectivity index (χ0v) is 14.9. The van der Waals surface area contributed by atoms with Crippen molar-refractivity contribution in [3.05, 3.63) is 47.1 Å².